The van der Waals surface area contributed by atoms with Gasteiger partial charge in [0.2, 0.25) is 5.88 Å². The topological polar surface area (TPSA) is 162 Å². The third-order valence-electron chi connectivity index (χ3n) is 3.44. The third-order valence-corrected chi connectivity index (χ3v) is 3.44. The first-order valence-electron chi connectivity index (χ1n) is 7.42. The molecule has 2 aromatic rings. The summed E-state index contributed by atoms with van der Waals surface area (Å²) in [4.78, 5) is 51.3. The van der Waals surface area contributed by atoms with E-state index in [0.29, 0.717) is 0 Å². The number of carboxylic acids is 2. The second kappa shape index (κ2) is 7.92. The molecule has 0 aliphatic rings. The van der Waals surface area contributed by atoms with E-state index in [-0.39, 0.29) is 12.1 Å². The molecule has 0 radical (unpaired) electrons. The van der Waals surface area contributed by atoms with Gasteiger partial charge >= 0.3 is 17.6 Å². The van der Waals surface area contributed by atoms with Gasteiger partial charge in [0.05, 0.1) is 5.69 Å². The number of carbonyl (C=O) groups is 2. The SMILES string of the molecule is O=C(O)CC[C@H](N=Cc1c(O)n(-c2ccccc2)c(=O)[nH]c1=O)C(=O)O. The number of aliphatic carboxylic acids is 2. The minimum Gasteiger partial charge on any atom is -0.493 e. The molecule has 0 unspecified atom stereocenters. The van der Waals surface area contributed by atoms with Crippen molar-refractivity contribution < 1.29 is 24.9 Å². The number of nitrogens with one attached hydrogen (secondary N) is 1. The molecule has 1 heterocycles. The number of hydrogen-bond donors (Lipinski definition) is 4. The van der Waals surface area contributed by atoms with Crippen molar-refractivity contribution in [3.8, 4) is 11.6 Å². The highest BCUT2D eigenvalue weighted by Crippen LogP contribution is 2.15. The van der Waals surface area contributed by atoms with Crippen molar-refractivity contribution in [3.63, 3.8) is 0 Å². The summed E-state index contributed by atoms with van der Waals surface area (Å²) in [6, 6.07) is 6.56. The number of aromatic hydroxyl groups is 1. The van der Waals surface area contributed by atoms with Crippen molar-refractivity contribution >= 4 is 18.2 Å². The maximum Gasteiger partial charge on any atom is 0.335 e. The van der Waals surface area contributed by atoms with Gasteiger partial charge < -0.3 is 15.3 Å². The van der Waals surface area contributed by atoms with Crippen molar-refractivity contribution in [2.45, 2.75) is 18.9 Å². The number of aromatic amines is 1. The molecule has 0 spiro atoms. The van der Waals surface area contributed by atoms with E-state index in [1.54, 1.807) is 18.2 Å². The van der Waals surface area contributed by atoms with E-state index < -0.39 is 47.1 Å². The molecule has 0 bridgehead atoms. The van der Waals surface area contributed by atoms with E-state index in [0.717, 1.165) is 10.8 Å². The molecule has 2 rings (SSSR count). The van der Waals surface area contributed by atoms with E-state index in [1.165, 1.54) is 12.1 Å². The molecular weight excluding hydrogens is 346 g/mol. The first kappa shape index (κ1) is 18.6. The van der Waals surface area contributed by atoms with E-state index in [1.807, 2.05) is 4.98 Å². The molecule has 26 heavy (non-hydrogen) atoms. The van der Waals surface area contributed by atoms with Crippen LogP contribution in [0.4, 0.5) is 0 Å². The Morgan fingerprint density at radius 3 is 2.42 bits per heavy atom. The molecule has 136 valence electrons. The van der Waals surface area contributed by atoms with E-state index in [4.69, 9.17) is 10.2 Å². The number of carboxylic acid groups (broad SMARTS) is 2. The van der Waals surface area contributed by atoms with Crippen LogP contribution in [0, 0.1) is 0 Å². The number of benzene rings is 1. The maximum absolute atomic E-state index is 12.0. The molecule has 0 aliphatic heterocycles. The Morgan fingerprint density at radius 1 is 1.19 bits per heavy atom. The Kier molecular flexibility index (Phi) is 5.68. The van der Waals surface area contributed by atoms with Crippen molar-refractivity contribution in [1.29, 1.82) is 0 Å². The van der Waals surface area contributed by atoms with Gasteiger partial charge in [0, 0.05) is 12.6 Å². The number of para-hydroxylation sites is 1. The van der Waals surface area contributed by atoms with Crippen LogP contribution in [0.5, 0.6) is 5.88 Å². The lowest BCUT2D eigenvalue weighted by molar-refractivity contribution is -0.139. The second-order valence-electron chi connectivity index (χ2n) is 5.23. The Hall–Kier alpha value is -3.69. The zero-order chi connectivity index (χ0) is 19.3. The predicted octanol–water partition coefficient (Wildman–Crippen LogP) is -0.0317. The minimum atomic E-state index is -1.41. The lowest BCUT2D eigenvalue weighted by Gasteiger charge is -2.10. The molecule has 1 aromatic carbocycles. The van der Waals surface area contributed by atoms with Gasteiger partial charge in [-0.3, -0.25) is 19.6 Å². The molecule has 0 aliphatic carbocycles. The monoisotopic (exact) mass is 361 g/mol. The number of aliphatic imine (C=N–C) groups is 1. The maximum atomic E-state index is 12.0. The second-order valence-corrected chi connectivity index (χ2v) is 5.23. The fourth-order valence-electron chi connectivity index (χ4n) is 2.16. The zero-order valence-electron chi connectivity index (χ0n) is 13.3. The summed E-state index contributed by atoms with van der Waals surface area (Å²) in [5.74, 6) is -3.28. The summed E-state index contributed by atoms with van der Waals surface area (Å²) in [6.45, 7) is 0. The van der Waals surface area contributed by atoms with Gasteiger partial charge in [-0.05, 0) is 18.6 Å². The molecule has 0 saturated heterocycles. The Labute approximate surface area is 145 Å². The highest BCUT2D eigenvalue weighted by Gasteiger charge is 2.19. The fourth-order valence-corrected chi connectivity index (χ4v) is 2.16. The molecule has 4 N–H and O–H groups in total. The Bertz CT molecular complexity index is 960. The van der Waals surface area contributed by atoms with E-state index >= 15 is 0 Å². The third kappa shape index (κ3) is 4.23. The van der Waals surface area contributed by atoms with Gasteiger partial charge in [-0.2, -0.15) is 0 Å². The zero-order valence-corrected chi connectivity index (χ0v) is 13.3. The van der Waals surface area contributed by atoms with Crippen LogP contribution < -0.4 is 11.2 Å². The van der Waals surface area contributed by atoms with Crippen LogP contribution in [0.15, 0.2) is 44.9 Å². The Morgan fingerprint density at radius 2 is 1.85 bits per heavy atom. The Balaban J connectivity index is 2.46. The average molecular weight is 361 g/mol. The average Bonchev–Trinajstić information content (AvgIpc) is 2.57. The molecule has 10 heteroatoms. The molecule has 0 saturated carbocycles. The minimum absolute atomic E-state index is 0.279. The number of nitrogens with zero attached hydrogens (tertiary/aromatic N) is 2. The highest BCUT2D eigenvalue weighted by atomic mass is 16.4. The first-order valence-corrected chi connectivity index (χ1v) is 7.42. The van der Waals surface area contributed by atoms with Crippen LogP contribution in [0.3, 0.4) is 0 Å². The van der Waals surface area contributed by atoms with Crippen LogP contribution >= 0.6 is 0 Å². The van der Waals surface area contributed by atoms with Crippen molar-refractivity contribution in [1.82, 2.24) is 9.55 Å². The number of rotatable bonds is 7. The van der Waals surface area contributed by atoms with Crippen LogP contribution in [0.1, 0.15) is 18.4 Å². The summed E-state index contributed by atoms with van der Waals surface area (Å²) in [5.41, 5.74) is -1.97. The standard InChI is InChI=1S/C16H15N3O7/c20-12(21)7-6-11(15(24)25)17-8-10-13(22)18-16(26)19(14(10)23)9-4-2-1-3-5-9/h1-5,8,11,23H,6-7H2,(H,20,21)(H,24,25)(H,18,22,26)/t11-/m0/s1. The lowest BCUT2D eigenvalue weighted by atomic mass is 10.1. The quantitative estimate of drug-likeness (QED) is 0.503. The normalized spacial score (nSPS) is 12.2. The van der Waals surface area contributed by atoms with Gasteiger partial charge in [-0.25, -0.2) is 14.2 Å². The summed E-state index contributed by atoms with van der Waals surface area (Å²) < 4.78 is 0.829. The molecule has 1 aromatic heterocycles. The largest absolute Gasteiger partial charge is 0.493 e. The highest BCUT2D eigenvalue weighted by molar-refractivity contribution is 5.85. The number of hydrogen-bond acceptors (Lipinski definition) is 6. The first-order chi connectivity index (χ1) is 12.3. The summed E-state index contributed by atoms with van der Waals surface area (Å²) in [5, 5.41) is 28.0. The number of aromatic nitrogens is 2. The molecule has 0 amide bonds. The van der Waals surface area contributed by atoms with Gasteiger partial charge in [-0.1, -0.05) is 18.2 Å². The van der Waals surface area contributed by atoms with Gasteiger partial charge in [0.1, 0.15) is 11.6 Å². The summed E-state index contributed by atoms with van der Waals surface area (Å²) in [6.07, 6.45) is 0.0893. The van der Waals surface area contributed by atoms with Gasteiger partial charge in [0.15, 0.2) is 0 Å². The van der Waals surface area contributed by atoms with Crippen molar-refractivity contribution in [2.75, 3.05) is 0 Å². The smallest absolute Gasteiger partial charge is 0.335 e. The van der Waals surface area contributed by atoms with E-state index in [2.05, 4.69) is 4.99 Å². The van der Waals surface area contributed by atoms with Gasteiger partial charge in [-0.15, -0.1) is 0 Å². The number of H-pyrrole nitrogens is 1. The summed E-state index contributed by atoms with van der Waals surface area (Å²) in [7, 11) is 0. The predicted molar refractivity (Wildman–Crippen MR) is 90.2 cm³/mol. The van der Waals surface area contributed by atoms with Crippen molar-refractivity contribution in [3.05, 3.63) is 56.7 Å². The van der Waals surface area contributed by atoms with Crippen LogP contribution in [0.2, 0.25) is 0 Å². The van der Waals surface area contributed by atoms with Crippen LogP contribution in [-0.4, -0.2) is 49.1 Å². The molecule has 0 fully saturated rings. The summed E-state index contributed by atoms with van der Waals surface area (Å²) >= 11 is 0. The lowest BCUT2D eigenvalue weighted by Crippen LogP contribution is -2.31. The fraction of sp³-hybridized carbons (Fsp3) is 0.188. The molecular formula is C16H15N3O7. The van der Waals surface area contributed by atoms with Crippen LogP contribution in [-0.2, 0) is 9.59 Å². The van der Waals surface area contributed by atoms with Gasteiger partial charge in [0.25, 0.3) is 5.56 Å². The van der Waals surface area contributed by atoms with Crippen molar-refractivity contribution in [2.24, 2.45) is 4.99 Å². The molecule has 1 atom stereocenters. The molecule has 10 nitrogen and oxygen atoms in total. The van der Waals surface area contributed by atoms with E-state index in [9.17, 15) is 24.3 Å². The van der Waals surface area contributed by atoms with Crippen LogP contribution in [0.25, 0.3) is 5.69 Å².